The van der Waals surface area contributed by atoms with Gasteiger partial charge in [-0.05, 0) is 43.2 Å². The first-order valence-corrected chi connectivity index (χ1v) is 7.44. The first-order chi connectivity index (χ1) is 9.18. The molecule has 1 aromatic heterocycles. The van der Waals surface area contributed by atoms with Crippen LogP contribution in [0.5, 0.6) is 0 Å². The van der Waals surface area contributed by atoms with Crippen molar-refractivity contribution < 1.29 is 0 Å². The predicted octanol–water partition coefficient (Wildman–Crippen LogP) is 4.61. The van der Waals surface area contributed by atoms with E-state index in [9.17, 15) is 0 Å². The standard InChI is InChI=1S/C18H23N/c1-13(2)12-16-14(3)19-11-7-10-17(19)18(16)15-8-5-4-6-9-15/h4-6,8-9,13H,7,10-12H2,1-3H3. The minimum atomic E-state index is 0.712. The molecule has 1 aromatic carbocycles. The summed E-state index contributed by atoms with van der Waals surface area (Å²) in [6.07, 6.45) is 3.73. The zero-order valence-corrected chi connectivity index (χ0v) is 12.2. The van der Waals surface area contributed by atoms with Gasteiger partial charge in [0.2, 0.25) is 0 Å². The van der Waals surface area contributed by atoms with Crippen molar-refractivity contribution in [3.05, 3.63) is 47.3 Å². The highest BCUT2D eigenvalue weighted by atomic mass is 15.0. The predicted molar refractivity (Wildman–Crippen MR) is 81.5 cm³/mol. The van der Waals surface area contributed by atoms with Crippen LogP contribution in [0.25, 0.3) is 11.1 Å². The Kier molecular flexibility index (Phi) is 3.22. The summed E-state index contributed by atoms with van der Waals surface area (Å²) < 4.78 is 2.56. The molecule has 1 aliphatic rings. The summed E-state index contributed by atoms with van der Waals surface area (Å²) in [6, 6.07) is 10.9. The maximum Gasteiger partial charge on any atom is 0.0259 e. The third-order valence-electron chi connectivity index (χ3n) is 4.23. The smallest absolute Gasteiger partial charge is 0.0259 e. The summed E-state index contributed by atoms with van der Waals surface area (Å²) in [6.45, 7) is 8.14. The zero-order chi connectivity index (χ0) is 13.4. The molecule has 0 radical (unpaired) electrons. The normalized spacial score (nSPS) is 14.1. The number of hydrogen-bond donors (Lipinski definition) is 0. The molecule has 0 atom stereocenters. The molecule has 2 aromatic rings. The molecule has 1 aliphatic heterocycles. The van der Waals surface area contributed by atoms with E-state index in [1.54, 1.807) is 11.3 Å². The van der Waals surface area contributed by atoms with Crippen molar-refractivity contribution in [1.82, 2.24) is 4.57 Å². The number of hydrogen-bond acceptors (Lipinski definition) is 0. The van der Waals surface area contributed by atoms with Crippen molar-refractivity contribution in [2.24, 2.45) is 5.92 Å². The Morgan fingerprint density at radius 2 is 1.89 bits per heavy atom. The Morgan fingerprint density at radius 3 is 2.58 bits per heavy atom. The third kappa shape index (κ3) is 2.11. The highest BCUT2D eigenvalue weighted by Gasteiger charge is 2.24. The molecule has 0 fully saturated rings. The molecule has 0 saturated heterocycles. The summed E-state index contributed by atoms with van der Waals surface area (Å²) in [5.41, 5.74) is 7.58. The van der Waals surface area contributed by atoms with Gasteiger partial charge in [0, 0.05) is 23.5 Å². The van der Waals surface area contributed by atoms with Crippen LogP contribution in [0.4, 0.5) is 0 Å². The van der Waals surface area contributed by atoms with Gasteiger partial charge >= 0.3 is 0 Å². The first-order valence-electron chi connectivity index (χ1n) is 7.44. The first kappa shape index (κ1) is 12.5. The molecule has 0 spiro atoms. The lowest BCUT2D eigenvalue weighted by atomic mass is 9.93. The van der Waals surface area contributed by atoms with Gasteiger partial charge < -0.3 is 4.57 Å². The molecule has 0 aliphatic carbocycles. The molecule has 3 rings (SSSR count). The second-order valence-electron chi connectivity index (χ2n) is 6.10. The topological polar surface area (TPSA) is 4.93 Å². The molecule has 0 N–H and O–H groups in total. The Hall–Kier alpha value is -1.50. The monoisotopic (exact) mass is 253 g/mol. The van der Waals surface area contributed by atoms with Crippen molar-refractivity contribution in [3.63, 3.8) is 0 Å². The summed E-state index contributed by atoms with van der Waals surface area (Å²) in [5.74, 6) is 0.712. The van der Waals surface area contributed by atoms with E-state index in [-0.39, 0.29) is 0 Å². The fourth-order valence-electron chi connectivity index (χ4n) is 3.43. The Bertz CT molecular complexity index is 575. The van der Waals surface area contributed by atoms with Crippen LogP contribution in [0.2, 0.25) is 0 Å². The van der Waals surface area contributed by atoms with E-state index in [0.717, 1.165) is 0 Å². The van der Waals surface area contributed by atoms with Crippen LogP contribution in [0.1, 0.15) is 37.2 Å². The second kappa shape index (κ2) is 4.88. The van der Waals surface area contributed by atoms with Gasteiger partial charge in [0.05, 0.1) is 0 Å². The van der Waals surface area contributed by atoms with Crippen LogP contribution >= 0.6 is 0 Å². The molecule has 0 saturated carbocycles. The molecular formula is C18H23N. The zero-order valence-electron chi connectivity index (χ0n) is 12.2. The SMILES string of the molecule is Cc1c(CC(C)C)c(-c2ccccc2)c2n1CCC2. The van der Waals surface area contributed by atoms with Crippen molar-refractivity contribution in [2.45, 2.75) is 46.6 Å². The van der Waals surface area contributed by atoms with E-state index in [4.69, 9.17) is 0 Å². The average Bonchev–Trinajstić information content (AvgIpc) is 2.95. The molecule has 100 valence electrons. The summed E-state index contributed by atoms with van der Waals surface area (Å²) in [7, 11) is 0. The second-order valence-corrected chi connectivity index (χ2v) is 6.10. The van der Waals surface area contributed by atoms with Gasteiger partial charge in [-0.15, -0.1) is 0 Å². The maximum absolute atomic E-state index is 2.56. The van der Waals surface area contributed by atoms with E-state index in [2.05, 4.69) is 55.7 Å². The van der Waals surface area contributed by atoms with Gasteiger partial charge in [-0.1, -0.05) is 44.2 Å². The number of fused-ring (bicyclic) bond motifs is 1. The fraction of sp³-hybridized carbons (Fsp3) is 0.444. The molecule has 0 bridgehead atoms. The molecule has 19 heavy (non-hydrogen) atoms. The lowest BCUT2D eigenvalue weighted by Gasteiger charge is -2.10. The van der Waals surface area contributed by atoms with Crippen LogP contribution in [-0.4, -0.2) is 4.57 Å². The highest BCUT2D eigenvalue weighted by molar-refractivity contribution is 5.72. The maximum atomic E-state index is 2.56. The minimum Gasteiger partial charge on any atom is -0.348 e. The molecular weight excluding hydrogens is 230 g/mol. The van der Waals surface area contributed by atoms with Crippen molar-refractivity contribution in [3.8, 4) is 11.1 Å². The third-order valence-corrected chi connectivity index (χ3v) is 4.23. The largest absolute Gasteiger partial charge is 0.348 e. The molecule has 1 nitrogen and oxygen atoms in total. The van der Waals surface area contributed by atoms with Gasteiger partial charge in [0.1, 0.15) is 0 Å². The van der Waals surface area contributed by atoms with Crippen LogP contribution in [0.3, 0.4) is 0 Å². The van der Waals surface area contributed by atoms with Gasteiger partial charge in [0.25, 0.3) is 0 Å². The number of aromatic nitrogens is 1. The fourth-order valence-corrected chi connectivity index (χ4v) is 3.43. The van der Waals surface area contributed by atoms with E-state index >= 15 is 0 Å². The van der Waals surface area contributed by atoms with Crippen LogP contribution in [-0.2, 0) is 19.4 Å². The van der Waals surface area contributed by atoms with Gasteiger partial charge in [0.15, 0.2) is 0 Å². The summed E-state index contributed by atoms with van der Waals surface area (Å²) >= 11 is 0. The lowest BCUT2D eigenvalue weighted by Crippen LogP contribution is -2.00. The average molecular weight is 253 g/mol. The summed E-state index contributed by atoms with van der Waals surface area (Å²) in [4.78, 5) is 0. The van der Waals surface area contributed by atoms with E-state index in [1.165, 1.54) is 42.6 Å². The number of nitrogens with zero attached hydrogens (tertiary/aromatic N) is 1. The summed E-state index contributed by atoms with van der Waals surface area (Å²) in [5, 5.41) is 0. The van der Waals surface area contributed by atoms with Crippen molar-refractivity contribution >= 4 is 0 Å². The van der Waals surface area contributed by atoms with Crippen molar-refractivity contribution in [2.75, 3.05) is 0 Å². The van der Waals surface area contributed by atoms with Gasteiger partial charge in [-0.25, -0.2) is 0 Å². The molecule has 0 amide bonds. The van der Waals surface area contributed by atoms with Crippen LogP contribution < -0.4 is 0 Å². The Balaban J connectivity index is 2.19. The quantitative estimate of drug-likeness (QED) is 0.753. The van der Waals surface area contributed by atoms with Crippen LogP contribution in [0, 0.1) is 12.8 Å². The minimum absolute atomic E-state index is 0.712. The van der Waals surface area contributed by atoms with E-state index in [0.29, 0.717) is 5.92 Å². The molecule has 1 heteroatoms. The van der Waals surface area contributed by atoms with E-state index in [1.807, 2.05) is 0 Å². The van der Waals surface area contributed by atoms with Gasteiger partial charge in [-0.2, -0.15) is 0 Å². The Labute approximate surface area is 116 Å². The highest BCUT2D eigenvalue weighted by Crippen LogP contribution is 2.37. The molecule has 0 unspecified atom stereocenters. The lowest BCUT2D eigenvalue weighted by molar-refractivity contribution is 0.638. The van der Waals surface area contributed by atoms with E-state index < -0.39 is 0 Å². The Morgan fingerprint density at radius 1 is 1.16 bits per heavy atom. The van der Waals surface area contributed by atoms with Gasteiger partial charge in [-0.3, -0.25) is 0 Å². The number of benzene rings is 1. The molecule has 2 heterocycles. The number of rotatable bonds is 3. The van der Waals surface area contributed by atoms with Crippen LogP contribution in [0.15, 0.2) is 30.3 Å². The van der Waals surface area contributed by atoms with Crippen molar-refractivity contribution in [1.29, 1.82) is 0 Å².